The topological polar surface area (TPSA) is 87.8 Å². The molecule has 2 aliphatic heterocycles. The van der Waals surface area contributed by atoms with Gasteiger partial charge in [0.05, 0.1) is 24.6 Å². The number of quaternary nitrogens is 2. The number of fused-ring (bicyclic) bond motifs is 2. The maximum absolute atomic E-state index is 13.6. The molecule has 2 amide bonds. The van der Waals surface area contributed by atoms with Crippen LogP contribution in [0.3, 0.4) is 0 Å². The van der Waals surface area contributed by atoms with Gasteiger partial charge in [-0.15, -0.1) is 0 Å². The van der Waals surface area contributed by atoms with Crippen LogP contribution in [0.1, 0.15) is 6.92 Å². The van der Waals surface area contributed by atoms with Crippen molar-refractivity contribution in [3.63, 3.8) is 0 Å². The normalized spacial score (nSPS) is 18.5. The fourth-order valence-corrected chi connectivity index (χ4v) is 5.26. The third-order valence-corrected chi connectivity index (χ3v) is 6.96. The number of ether oxygens (including phenoxy) is 1. The number of rotatable bonds is 6. The summed E-state index contributed by atoms with van der Waals surface area (Å²) < 4.78 is 4.99. The van der Waals surface area contributed by atoms with Crippen molar-refractivity contribution in [3.05, 3.63) is 42.5 Å². The second kappa shape index (κ2) is 13.2. The van der Waals surface area contributed by atoms with Crippen LogP contribution in [0.2, 0.25) is 0 Å². The Hall–Kier alpha value is -2.01. The van der Waals surface area contributed by atoms with Gasteiger partial charge < -0.3 is 44.5 Å². The Morgan fingerprint density at radius 3 is 2.41 bits per heavy atom. The predicted octanol–water partition coefficient (Wildman–Crippen LogP) is -5.83. The third kappa shape index (κ3) is 6.56. The molecule has 2 heterocycles. The van der Waals surface area contributed by atoms with Crippen molar-refractivity contribution in [1.29, 1.82) is 0 Å². The summed E-state index contributed by atoms with van der Waals surface area (Å²) in [5.74, 6) is 0.0351. The van der Waals surface area contributed by atoms with Crippen LogP contribution in [0.4, 0.5) is 21.9 Å². The van der Waals surface area contributed by atoms with Gasteiger partial charge in [-0.05, 0) is 37.3 Å². The lowest BCUT2D eigenvalue weighted by Gasteiger charge is -2.33. The molecule has 34 heavy (non-hydrogen) atoms. The van der Waals surface area contributed by atoms with Gasteiger partial charge in [0.15, 0.2) is 6.54 Å². The number of hydrogen-bond donors (Lipinski definition) is 4. The van der Waals surface area contributed by atoms with Crippen LogP contribution in [-0.2, 0) is 9.53 Å². The Bertz CT molecular complexity index is 989. The van der Waals surface area contributed by atoms with Gasteiger partial charge in [0, 0.05) is 15.5 Å². The van der Waals surface area contributed by atoms with E-state index >= 15 is 0 Å². The zero-order valence-corrected chi connectivity index (χ0v) is 21.3. The zero-order valence-electron chi connectivity index (χ0n) is 19.0. The standard InChI is InChI=1S/C23H28N4O4S.2ClH/c1-2-31-23(30)24-17-7-8-21-19(15-17)27(18-5-3-4-6-20(18)32-21)22(29)16-26-11-9-25(10-12-26)13-14-28;;/h3-8,15,28H,2,9-14,16H2,1H3,(H,24,30);2*1H. The van der Waals surface area contributed by atoms with E-state index in [0.717, 1.165) is 53.9 Å². The summed E-state index contributed by atoms with van der Waals surface area (Å²) >= 11 is 1.62. The lowest BCUT2D eigenvalue weighted by Crippen LogP contribution is -3.28. The minimum absolute atomic E-state index is 0. The van der Waals surface area contributed by atoms with Gasteiger partial charge in [-0.1, -0.05) is 23.9 Å². The van der Waals surface area contributed by atoms with Crippen LogP contribution < -0.4 is 44.8 Å². The van der Waals surface area contributed by atoms with Crippen molar-refractivity contribution in [1.82, 2.24) is 0 Å². The van der Waals surface area contributed by atoms with Crippen LogP contribution in [0.5, 0.6) is 0 Å². The summed E-state index contributed by atoms with van der Waals surface area (Å²) in [5, 5.41) is 11.9. The Labute approximate surface area is 216 Å². The van der Waals surface area contributed by atoms with E-state index in [2.05, 4.69) is 5.32 Å². The molecule has 11 heteroatoms. The number of carbonyl (C=O) groups is 2. The van der Waals surface area contributed by atoms with Gasteiger partial charge in [-0.25, -0.2) is 4.79 Å². The number of amides is 2. The number of aliphatic hydroxyl groups is 1. The van der Waals surface area contributed by atoms with Gasteiger partial charge in [0.25, 0.3) is 5.91 Å². The number of nitrogens with zero attached hydrogens (tertiary/aromatic N) is 1. The fraction of sp³-hybridized carbons (Fsp3) is 0.391. The zero-order chi connectivity index (χ0) is 22.5. The molecule has 0 aromatic heterocycles. The number of hydrogen-bond acceptors (Lipinski definition) is 5. The van der Waals surface area contributed by atoms with E-state index in [9.17, 15) is 9.59 Å². The van der Waals surface area contributed by atoms with E-state index in [1.807, 2.05) is 42.5 Å². The summed E-state index contributed by atoms with van der Waals surface area (Å²) in [6, 6.07) is 13.5. The first-order chi connectivity index (χ1) is 15.6. The largest absolute Gasteiger partial charge is 1.00 e. The Kier molecular flexibility index (Phi) is 10.9. The van der Waals surface area contributed by atoms with Crippen molar-refractivity contribution < 1.29 is 54.0 Å². The number of nitrogens with one attached hydrogen (secondary N) is 3. The summed E-state index contributed by atoms with van der Waals surface area (Å²) in [6.45, 7) is 7.14. The van der Waals surface area contributed by atoms with Gasteiger partial charge in [0.1, 0.15) is 32.7 Å². The Balaban J connectivity index is 0.00000204. The summed E-state index contributed by atoms with van der Waals surface area (Å²) in [5.41, 5.74) is 2.23. The number of anilines is 3. The van der Waals surface area contributed by atoms with E-state index in [4.69, 9.17) is 9.84 Å². The van der Waals surface area contributed by atoms with Crippen LogP contribution >= 0.6 is 11.8 Å². The van der Waals surface area contributed by atoms with E-state index in [0.29, 0.717) is 18.8 Å². The molecule has 2 aliphatic rings. The van der Waals surface area contributed by atoms with E-state index in [1.165, 1.54) is 9.80 Å². The molecule has 1 fully saturated rings. The van der Waals surface area contributed by atoms with Gasteiger partial charge in [-0.2, -0.15) is 0 Å². The van der Waals surface area contributed by atoms with Crippen molar-refractivity contribution in [2.75, 3.05) is 62.7 Å². The predicted molar refractivity (Wildman–Crippen MR) is 123 cm³/mol. The molecule has 4 rings (SSSR count). The number of carbonyl (C=O) groups excluding carboxylic acids is 2. The molecule has 0 radical (unpaired) electrons. The van der Waals surface area contributed by atoms with Gasteiger partial charge in [-0.3, -0.25) is 15.0 Å². The van der Waals surface area contributed by atoms with E-state index < -0.39 is 6.09 Å². The first-order valence-corrected chi connectivity index (χ1v) is 11.9. The Morgan fingerprint density at radius 2 is 1.71 bits per heavy atom. The molecule has 0 saturated carbocycles. The van der Waals surface area contributed by atoms with Crippen LogP contribution in [-0.4, -0.2) is 69.6 Å². The van der Waals surface area contributed by atoms with Crippen molar-refractivity contribution >= 4 is 40.8 Å². The van der Waals surface area contributed by atoms with E-state index in [1.54, 1.807) is 23.6 Å². The molecule has 0 aliphatic carbocycles. The van der Waals surface area contributed by atoms with Crippen LogP contribution in [0, 0.1) is 0 Å². The highest BCUT2D eigenvalue weighted by atomic mass is 35.5. The minimum atomic E-state index is -0.512. The highest BCUT2D eigenvalue weighted by molar-refractivity contribution is 7.99. The molecule has 2 aromatic rings. The van der Waals surface area contributed by atoms with Crippen molar-refractivity contribution in [2.45, 2.75) is 16.7 Å². The SMILES string of the molecule is CCOC(=O)Nc1ccc2c(c1)N(C(=O)C[NH+]1CC[NH+](CCO)CC1)c1ccccc1S2.[Cl-].[Cl-]. The first kappa shape index (κ1) is 28.2. The van der Waals surface area contributed by atoms with E-state index in [-0.39, 0.29) is 37.3 Å². The van der Waals surface area contributed by atoms with Crippen molar-refractivity contribution in [2.24, 2.45) is 0 Å². The minimum Gasteiger partial charge on any atom is -1.00 e. The quantitative estimate of drug-likeness (QED) is 0.300. The average molecular weight is 529 g/mol. The highest BCUT2D eigenvalue weighted by Gasteiger charge is 2.32. The molecule has 0 unspecified atom stereocenters. The monoisotopic (exact) mass is 528 g/mol. The maximum Gasteiger partial charge on any atom is 0.411 e. The van der Waals surface area contributed by atoms with Gasteiger partial charge in [0.2, 0.25) is 0 Å². The highest BCUT2D eigenvalue weighted by Crippen LogP contribution is 2.48. The third-order valence-electron chi connectivity index (χ3n) is 5.83. The van der Waals surface area contributed by atoms with Crippen LogP contribution in [0.15, 0.2) is 52.3 Å². The molecule has 1 saturated heterocycles. The summed E-state index contributed by atoms with van der Waals surface area (Å²) in [4.78, 5) is 31.9. The molecular weight excluding hydrogens is 499 g/mol. The lowest BCUT2D eigenvalue weighted by molar-refractivity contribution is -1.01. The molecule has 0 atom stereocenters. The number of para-hydroxylation sites is 1. The molecule has 186 valence electrons. The molecule has 8 nitrogen and oxygen atoms in total. The molecule has 0 spiro atoms. The number of benzene rings is 2. The smallest absolute Gasteiger partial charge is 0.411 e. The van der Waals surface area contributed by atoms with Crippen LogP contribution in [0.25, 0.3) is 0 Å². The summed E-state index contributed by atoms with van der Waals surface area (Å²) in [6.07, 6.45) is -0.512. The number of piperazine rings is 1. The molecule has 0 bridgehead atoms. The summed E-state index contributed by atoms with van der Waals surface area (Å²) in [7, 11) is 0. The fourth-order valence-electron chi connectivity index (χ4n) is 4.22. The number of aliphatic hydroxyl groups excluding tert-OH is 1. The lowest BCUT2D eigenvalue weighted by atomic mass is 10.2. The molecular formula is C23H30Cl2N4O4S. The number of halogens is 2. The maximum atomic E-state index is 13.6. The second-order valence-electron chi connectivity index (χ2n) is 7.98. The first-order valence-electron chi connectivity index (χ1n) is 11.0. The van der Waals surface area contributed by atoms with Crippen molar-refractivity contribution in [3.8, 4) is 0 Å². The Morgan fingerprint density at radius 1 is 1.03 bits per heavy atom. The molecule has 2 aromatic carbocycles. The van der Waals surface area contributed by atoms with Gasteiger partial charge >= 0.3 is 6.09 Å². The average Bonchev–Trinajstić information content (AvgIpc) is 2.79. The second-order valence-corrected chi connectivity index (χ2v) is 9.06. The molecule has 4 N–H and O–H groups in total.